The molecule has 0 saturated carbocycles. The molecule has 120 valence electrons. The van der Waals surface area contributed by atoms with Crippen LogP contribution < -0.4 is 10.2 Å². The highest BCUT2D eigenvalue weighted by atomic mass is 16.6. The van der Waals surface area contributed by atoms with Crippen LogP contribution in [0.25, 0.3) is 0 Å². The fourth-order valence-corrected chi connectivity index (χ4v) is 2.20. The summed E-state index contributed by atoms with van der Waals surface area (Å²) in [6.45, 7) is 10.4. The summed E-state index contributed by atoms with van der Waals surface area (Å²) in [6.07, 6.45) is -0.682. The second kappa shape index (κ2) is 5.99. The number of ether oxygens (including phenoxy) is 1. The summed E-state index contributed by atoms with van der Waals surface area (Å²) >= 11 is 0. The summed E-state index contributed by atoms with van der Waals surface area (Å²) in [6, 6.07) is 5.89. The first-order chi connectivity index (χ1) is 10.2. The maximum atomic E-state index is 12.0. The Morgan fingerprint density at radius 1 is 1.32 bits per heavy atom. The molecular weight excluding hydrogens is 280 g/mol. The van der Waals surface area contributed by atoms with E-state index in [4.69, 9.17) is 4.74 Å². The van der Waals surface area contributed by atoms with Crippen molar-refractivity contribution in [2.45, 2.75) is 40.7 Å². The first-order valence-electron chi connectivity index (χ1n) is 7.52. The minimum atomic E-state index is -0.448. The van der Waals surface area contributed by atoms with Gasteiger partial charge in [0.15, 0.2) is 0 Å². The standard InChI is InChI=1S/C17H24N2O3/c1-11-6-7-13(8-12(11)2)19-10-14(22-16(19)21)9-18-15(20)17(3,4)5/h6-8,14H,9-10H2,1-5H3,(H,18,20). The summed E-state index contributed by atoms with van der Waals surface area (Å²) in [5.74, 6) is -0.0480. The zero-order valence-corrected chi connectivity index (χ0v) is 13.9. The molecule has 1 aromatic carbocycles. The van der Waals surface area contributed by atoms with Crippen molar-refractivity contribution in [2.75, 3.05) is 18.0 Å². The van der Waals surface area contributed by atoms with Crippen molar-refractivity contribution in [3.8, 4) is 0 Å². The van der Waals surface area contributed by atoms with Crippen LogP contribution in [0.15, 0.2) is 18.2 Å². The molecule has 1 saturated heterocycles. The lowest BCUT2D eigenvalue weighted by Gasteiger charge is -2.19. The largest absolute Gasteiger partial charge is 0.442 e. The molecular formula is C17H24N2O3. The van der Waals surface area contributed by atoms with Crippen LogP contribution in [0.4, 0.5) is 10.5 Å². The van der Waals surface area contributed by atoms with Gasteiger partial charge >= 0.3 is 6.09 Å². The lowest BCUT2D eigenvalue weighted by Crippen LogP contribution is -2.40. The molecule has 2 rings (SSSR count). The molecule has 0 bridgehead atoms. The van der Waals surface area contributed by atoms with Gasteiger partial charge in [-0.15, -0.1) is 0 Å². The SMILES string of the molecule is Cc1ccc(N2CC(CNC(=O)C(C)(C)C)OC2=O)cc1C. The number of rotatable bonds is 3. The van der Waals surface area contributed by atoms with Gasteiger partial charge in [0.25, 0.3) is 0 Å². The number of aryl methyl sites for hydroxylation is 2. The molecule has 1 aliphatic heterocycles. The number of nitrogens with zero attached hydrogens (tertiary/aromatic N) is 1. The van der Waals surface area contributed by atoms with Crippen LogP contribution in [0.3, 0.4) is 0 Å². The Kier molecular flexibility index (Phi) is 4.44. The predicted molar refractivity (Wildman–Crippen MR) is 86.0 cm³/mol. The molecule has 22 heavy (non-hydrogen) atoms. The number of hydrogen-bond acceptors (Lipinski definition) is 3. The van der Waals surface area contributed by atoms with Crippen LogP contribution >= 0.6 is 0 Å². The fourth-order valence-electron chi connectivity index (χ4n) is 2.20. The highest BCUT2D eigenvalue weighted by molar-refractivity contribution is 5.90. The minimum Gasteiger partial charge on any atom is -0.442 e. The number of hydrogen-bond donors (Lipinski definition) is 1. The second-order valence-corrected chi connectivity index (χ2v) is 6.84. The van der Waals surface area contributed by atoms with E-state index in [2.05, 4.69) is 5.32 Å². The molecule has 0 aromatic heterocycles. The van der Waals surface area contributed by atoms with Gasteiger partial charge in [-0.1, -0.05) is 26.8 Å². The average molecular weight is 304 g/mol. The zero-order valence-electron chi connectivity index (χ0n) is 13.9. The van der Waals surface area contributed by atoms with Crippen LogP contribution in [0, 0.1) is 19.3 Å². The number of benzene rings is 1. The van der Waals surface area contributed by atoms with Crippen LogP contribution in [-0.4, -0.2) is 31.2 Å². The number of amides is 2. The molecule has 1 aromatic rings. The zero-order chi connectivity index (χ0) is 16.5. The first kappa shape index (κ1) is 16.3. The lowest BCUT2D eigenvalue weighted by atomic mass is 9.96. The topological polar surface area (TPSA) is 58.6 Å². The van der Waals surface area contributed by atoms with E-state index in [1.54, 1.807) is 4.90 Å². The van der Waals surface area contributed by atoms with Crippen LogP contribution in [0.2, 0.25) is 0 Å². The third kappa shape index (κ3) is 3.59. The lowest BCUT2D eigenvalue weighted by molar-refractivity contribution is -0.128. The van der Waals surface area contributed by atoms with E-state index in [-0.39, 0.29) is 18.1 Å². The van der Waals surface area contributed by atoms with E-state index in [9.17, 15) is 9.59 Å². The molecule has 1 aliphatic rings. The highest BCUT2D eigenvalue weighted by Gasteiger charge is 2.33. The van der Waals surface area contributed by atoms with Crippen molar-refractivity contribution in [2.24, 2.45) is 5.41 Å². The van der Waals surface area contributed by atoms with Gasteiger partial charge in [0.2, 0.25) is 5.91 Å². The number of cyclic esters (lactones) is 1. The van der Waals surface area contributed by atoms with Gasteiger partial charge < -0.3 is 10.1 Å². The molecule has 1 N–H and O–H groups in total. The van der Waals surface area contributed by atoms with E-state index < -0.39 is 5.41 Å². The Hall–Kier alpha value is -2.04. The summed E-state index contributed by atoms with van der Waals surface area (Å²) < 4.78 is 5.33. The fraction of sp³-hybridized carbons (Fsp3) is 0.529. The summed E-state index contributed by atoms with van der Waals surface area (Å²) in [5, 5.41) is 2.83. The number of carbonyl (C=O) groups is 2. The number of anilines is 1. The Morgan fingerprint density at radius 3 is 2.59 bits per heavy atom. The molecule has 2 amide bonds. The predicted octanol–water partition coefficient (Wildman–Crippen LogP) is 2.79. The Labute approximate surface area is 131 Å². The van der Waals surface area contributed by atoms with E-state index in [1.165, 1.54) is 5.56 Å². The van der Waals surface area contributed by atoms with Crippen molar-refractivity contribution >= 4 is 17.7 Å². The minimum absolute atomic E-state index is 0.0480. The molecule has 5 nitrogen and oxygen atoms in total. The summed E-state index contributed by atoms with van der Waals surface area (Å²) in [7, 11) is 0. The van der Waals surface area contributed by atoms with Gasteiger partial charge in [0.1, 0.15) is 6.10 Å². The molecule has 0 radical (unpaired) electrons. The maximum Gasteiger partial charge on any atom is 0.414 e. The van der Waals surface area contributed by atoms with Gasteiger partial charge in [0, 0.05) is 11.1 Å². The van der Waals surface area contributed by atoms with Gasteiger partial charge in [-0.25, -0.2) is 4.79 Å². The third-order valence-electron chi connectivity index (χ3n) is 3.85. The molecule has 1 unspecified atom stereocenters. The van der Waals surface area contributed by atoms with Crippen molar-refractivity contribution in [1.82, 2.24) is 5.32 Å². The van der Waals surface area contributed by atoms with Crippen molar-refractivity contribution in [1.29, 1.82) is 0 Å². The summed E-state index contributed by atoms with van der Waals surface area (Å²) in [5.41, 5.74) is 2.70. The number of carbonyl (C=O) groups excluding carboxylic acids is 2. The van der Waals surface area contributed by atoms with Crippen molar-refractivity contribution in [3.63, 3.8) is 0 Å². The molecule has 1 atom stereocenters. The third-order valence-corrected chi connectivity index (χ3v) is 3.85. The first-order valence-corrected chi connectivity index (χ1v) is 7.52. The molecule has 5 heteroatoms. The van der Waals surface area contributed by atoms with E-state index in [0.717, 1.165) is 11.3 Å². The van der Waals surface area contributed by atoms with Gasteiger partial charge in [0.05, 0.1) is 13.1 Å². The monoisotopic (exact) mass is 304 g/mol. The molecule has 1 heterocycles. The quantitative estimate of drug-likeness (QED) is 0.934. The number of nitrogens with one attached hydrogen (secondary N) is 1. The van der Waals surface area contributed by atoms with Gasteiger partial charge in [-0.2, -0.15) is 0 Å². The van der Waals surface area contributed by atoms with Crippen LogP contribution in [0.1, 0.15) is 31.9 Å². The van der Waals surface area contributed by atoms with Crippen molar-refractivity contribution < 1.29 is 14.3 Å². The van der Waals surface area contributed by atoms with Gasteiger partial charge in [-0.05, 0) is 37.1 Å². The van der Waals surface area contributed by atoms with E-state index in [1.807, 2.05) is 52.8 Å². The molecule has 0 aliphatic carbocycles. The molecule has 1 fully saturated rings. The normalized spacial score (nSPS) is 18.3. The van der Waals surface area contributed by atoms with E-state index >= 15 is 0 Å². The smallest absolute Gasteiger partial charge is 0.414 e. The summed E-state index contributed by atoms with van der Waals surface area (Å²) in [4.78, 5) is 25.5. The average Bonchev–Trinajstić information content (AvgIpc) is 2.79. The highest BCUT2D eigenvalue weighted by Crippen LogP contribution is 2.24. The van der Waals surface area contributed by atoms with Crippen LogP contribution in [0.5, 0.6) is 0 Å². The van der Waals surface area contributed by atoms with Crippen LogP contribution in [-0.2, 0) is 9.53 Å². The Balaban J connectivity index is 1.99. The second-order valence-electron chi connectivity index (χ2n) is 6.84. The maximum absolute atomic E-state index is 12.0. The van der Waals surface area contributed by atoms with Gasteiger partial charge in [-0.3, -0.25) is 9.69 Å². The Bertz CT molecular complexity index is 590. The molecule has 0 spiro atoms. The Morgan fingerprint density at radius 2 is 2.00 bits per heavy atom. The van der Waals surface area contributed by atoms with Crippen molar-refractivity contribution in [3.05, 3.63) is 29.3 Å². The van der Waals surface area contributed by atoms with E-state index in [0.29, 0.717) is 13.1 Å².